The first-order valence-corrected chi connectivity index (χ1v) is 5.01. The van der Waals surface area contributed by atoms with Crippen molar-refractivity contribution in [1.82, 2.24) is 5.32 Å². The summed E-state index contributed by atoms with van der Waals surface area (Å²) in [7, 11) is 0. The smallest absolute Gasteiger partial charge is 0.0622 e. The molecule has 1 fully saturated rings. The van der Waals surface area contributed by atoms with E-state index in [4.69, 9.17) is 5.26 Å². The highest BCUT2D eigenvalue weighted by Crippen LogP contribution is 2.28. The van der Waals surface area contributed by atoms with Crippen LogP contribution >= 0.6 is 0 Å². The van der Waals surface area contributed by atoms with Gasteiger partial charge in [-0.05, 0) is 31.8 Å². The van der Waals surface area contributed by atoms with E-state index in [1.807, 2.05) is 0 Å². The zero-order valence-corrected chi connectivity index (χ0v) is 7.68. The maximum absolute atomic E-state index is 8.28. The standard InChI is InChI=1S/C10H18N2/c11-7-1-2-8-12-9-6-10-4-3-5-10/h10,12H,1-6,8-9H2. The summed E-state index contributed by atoms with van der Waals surface area (Å²) in [5.41, 5.74) is 0. The molecule has 0 aromatic rings. The zero-order chi connectivity index (χ0) is 8.65. The Kier molecular flexibility index (Phi) is 4.79. The van der Waals surface area contributed by atoms with Crippen LogP contribution in [0.2, 0.25) is 0 Å². The van der Waals surface area contributed by atoms with Gasteiger partial charge in [-0.3, -0.25) is 0 Å². The molecule has 0 radical (unpaired) electrons. The lowest BCUT2D eigenvalue weighted by molar-refractivity contribution is 0.292. The van der Waals surface area contributed by atoms with Gasteiger partial charge in [0.25, 0.3) is 0 Å². The molecule has 1 N–H and O–H groups in total. The third-order valence-corrected chi connectivity index (χ3v) is 2.60. The number of hydrogen-bond donors (Lipinski definition) is 1. The Morgan fingerprint density at radius 1 is 1.33 bits per heavy atom. The van der Waals surface area contributed by atoms with Crippen molar-refractivity contribution in [3.8, 4) is 6.07 Å². The molecule has 0 saturated heterocycles. The van der Waals surface area contributed by atoms with Crippen molar-refractivity contribution in [2.75, 3.05) is 13.1 Å². The first kappa shape index (κ1) is 9.54. The van der Waals surface area contributed by atoms with Crippen LogP contribution < -0.4 is 5.32 Å². The molecule has 2 heteroatoms. The van der Waals surface area contributed by atoms with E-state index in [1.54, 1.807) is 0 Å². The quantitative estimate of drug-likeness (QED) is 0.613. The molecule has 0 aromatic heterocycles. The van der Waals surface area contributed by atoms with Crippen LogP contribution in [0, 0.1) is 17.2 Å². The van der Waals surface area contributed by atoms with E-state index in [2.05, 4.69) is 11.4 Å². The van der Waals surface area contributed by atoms with Crippen LogP contribution in [0.4, 0.5) is 0 Å². The van der Waals surface area contributed by atoms with Crippen molar-refractivity contribution < 1.29 is 0 Å². The first-order valence-electron chi connectivity index (χ1n) is 5.01. The summed E-state index contributed by atoms with van der Waals surface area (Å²) >= 11 is 0. The molecule has 68 valence electrons. The molecule has 0 unspecified atom stereocenters. The highest BCUT2D eigenvalue weighted by atomic mass is 14.8. The average molecular weight is 166 g/mol. The third-order valence-electron chi connectivity index (χ3n) is 2.60. The van der Waals surface area contributed by atoms with Gasteiger partial charge in [0.15, 0.2) is 0 Å². The summed E-state index contributed by atoms with van der Waals surface area (Å²) in [6, 6.07) is 2.15. The minimum atomic E-state index is 0.691. The normalized spacial score (nSPS) is 16.9. The summed E-state index contributed by atoms with van der Waals surface area (Å²) in [5, 5.41) is 11.6. The first-order chi connectivity index (χ1) is 5.93. The van der Waals surface area contributed by atoms with Crippen molar-refractivity contribution >= 4 is 0 Å². The van der Waals surface area contributed by atoms with Gasteiger partial charge in [-0.2, -0.15) is 5.26 Å². The highest BCUT2D eigenvalue weighted by Gasteiger charge is 2.15. The summed E-state index contributed by atoms with van der Waals surface area (Å²) in [6.45, 7) is 2.16. The van der Waals surface area contributed by atoms with E-state index in [0.29, 0.717) is 6.42 Å². The van der Waals surface area contributed by atoms with Gasteiger partial charge in [0.05, 0.1) is 6.07 Å². The zero-order valence-electron chi connectivity index (χ0n) is 7.68. The molecule has 1 saturated carbocycles. The van der Waals surface area contributed by atoms with Crippen molar-refractivity contribution in [2.45, 2.75) is 38.5 Å². The molecule has 12 heavy (non-hydrogen) atoms. The lowest BCUT2D eigenvalue weighted by Crippen LogP contribution is -2.22. The van der Waals surface area contributed by atoms with Crippen molar-refractivity contribution in [3.05, 3.63) is 0 Å². The van der Waals surface area contributed by atoms with Crippen molar-refractivity contribution in [3.63, 3.8) is 0 Å². The van der Waals surface area contributed by atoms with E-state index < -0.39 is 0 Å². The molecule has 0 bridgehead atoms. The van der Waals surface area contributed by atoms with E-state index in [9.17, 15) is 0 Å². The van der Waals surface area contributed by atoms with Gasteiger partial charge >= 0.3 is 0 Å². The van der Waals surface area contributed by atoms with Crippen molar-refractivity contribution in [2.24, 2.45) is 5.92 Å². The number of nitriles is 1. The van der Waals surface area contributed by atoms with E-state index in [1.165, 1.54) is 25.7 Å². The number of unbranched alkanes of at least 4 members (excludes halogenated alkanes) is 1. The molecule has 0 aliphatic heterocycles. The molecule has 0 spiro atoms. The van der Waals surface area contributed by atoms with Gasteiger partial charge in [0, 0.05) is 6.42 Å². The third kappa shape index (κ3) is 3.73. The average Bonchev–Trinajstić information content (AvgIpc) is 2.00. The van der Waals surface area contributed by atoms with Crippen LogP contribution in [-0.4, -0.2) is 13.1 Å². The SMILES string of the molecule is N#CCCCNCCC1CCC1. The molecular weight excluding hydrogens is 148 g/mol. The van der Waals surface area contributed by atoms with Crippen LogP contribution in [0.25, 0.3) is 0 Å². The Morgan fingerprint density at radius 2 is 2.17 bits per heavy atom. The molecule has 0 atom stereocenters. The minimum absolute atomic E-state index is 0.691. The van der Waals surface area contributed by atoms with Gasteiger partial charge in [-0.15, -0.1) is 0 Å². The molecule has 1 rings (SSSR count). The predicted octanol–water partition coefficient (Wildman–Crippen LogP) is 2.07. The predicted molar refractivity (Wildman–Crippen MR) is 49.7 cm³/mol. The number of rotatable bonds is 6. The molecule has 1 aliphatic rings. The fourth-order valence-electron chi connectivity index (χ4n) is 1.51. The highest BCUT2D eigenvalue weighted by molar-refractivity contribution is 4.71. The van der Waals surface area contributed by atoms with Gasteiger partial charge < -0.3 is 5.32 Å². The summed E-state index contributed by atoms with van der Waals surface area (Å²) in [6.07, 6.45) is 7.36. The maximum Gasteiger partial charge on any atom is 0.0622 e. The van der Waals surface area contributed by atoms with Gasteiger partial charge in [0.2, 0.25) is 0 Å². The maximum atomic E-state index is 8.28. The summed E-state index contributed by atoms with van der Waals surface area (Å²) in [5.74, 6) is 1.01. The number of nitrogens with zero attached hydrogens (tertiary/aromatic N) is 1. The summed E-state index contributed by atoms with van der Waals surface area (Å²) in [4.78, 5) is 0. The lowest BCUT2D eigenvalue weighted by Gasteiger charge is -2.25. The van der Waals surface area contributed by atoms with Crippen LogP contribution in [0.5, 0.6) is 0 Å². The fraction of sp³-hybridized carbons (Fsp3) is 0.900. The second-order valence-corrected chi connectivity index (χ2v) is 3.60. The topological polar surface area (TPSA) is 35.8 Å². The van der Waals surface area contributed by atoms with Crippen molar-refractivity contribution in [1.29, 1.82) is 5.26 Å². The Labute approximate surface area is 75.0 Å². The number of nitrogens with one attached hydrogen (secondary N) is 1. The van der Waals surface area contributed by atoms with Crippen LogP contribution in [0.15, 0.2) is 0 Å². The summed E-state index contributed by atoms with van der Waals surface area (Å²) < 4.78 is 0. The Morgan fingerprint density at radius 3 is 2.75 bits per heavy atom. The number of hydrogen-bond acceptors (Lipinski definition) is 2. The fourth-order valence-corrected chi connectivity index (χ4v) is 1.51. The van der Waals surface area contributed by atoms with Gasteiger partial charge in [-0.1, -0.05) is 19.3 Å². The second-order valence-electron chi connectivity index (χ2n) is 3.60. The Bertz CT molecular complexity index is 144. The molecule has 0 heterocycles. The molecule has 0 amide bonds. The molecular formula is C10H18N2. The Balaban J connectivity index is 1.74. The van der Waals surface area contributed by atoms with Crippen LogP contribution in [0.1, 0.15) is 38.5 Å². The van der Waals surface area contributed by atoms with E-state index >= 15 is 0 Å². The largest absolute Gasteiger partial charge is 0.317 e. The second kappa shape index (κ2) is 6.02. The Hall–Kier alpha value is -0.550. The monoisotopic (exact) mass is 166 g/mol. The van der Waals surface area contributed by atoms with E-state index in [0.717, 1.165) is 25.4 Å². The van der Waals surface area contributed by atoms with Crippen LogP contribution in [0.3, 0.4) is 0 Å². The molecule has 1 aliphatic carbocycles. The minimum Gasteiger partial charge on any atom is -0.317 e. The van der Waals surface area contributed by atoms with E-state index in [-0.39, 0.29) is 0 Å². The van der Waals surface area contributed by atoms with Gasteiger partial charge in [0.1, 0.15) is 0 Å². The molecule has 2 nitrogen and oxygen atoms in total. The lowest BCUT2D eigenvalue weighted by atomic mass is 9.83. The van der Waals surface area contributed by atoms with Gasteiger partial charge in [-0.25, -0.2) is 0 Å². The van der Waals surface area contributed by atoms with Crippen LogP contribution in [-0.2, 0) is 0 Å². The molecule has 0 aromatic carbocycles.